The van der Waals surface area contributed by atoms with E-state index in [1.165, 1.54) is 6.20 Å². The molecule has 1 aliphatic heterocycles. The van der Waals surface area contributed by atoms with Crippen LogP contribution in [0.4, 0.5) is 0 Å². The highest BCUT2D eigenvalue weighted by Crippen LogP contribution is 1.96. The predicted molar refractivity (Wildman–Crippen MR) is 53.4 cm³/mol. The molecule has 1 heterocycles. The number of hydrogen-bond acceptors (Lipinski definition) is 6. The third kappa shape index (κ3) is 3.74. The maximum Gasteiger partial charge on any atom is 0.324 e. The van der Waals surface area contributed by atoms with Crippen LogP contribution in [-0.4, -0.2) is 17.6 Å². The first kappa shape index (κ1) is 11.1. The number of allylic oxidation sites excluding steroid dienone is 2. The van der Waals surface area contributed by atoms with Crippen LogP contribution in [-0.2, 0) is 14.4 Å². The number of carbonyl (C=O) groups is 2. The molecule has 0 spiro atoms. The first-order valence-electron chi connectivity index (χ1n) is 4.33. The lowest BCUT2D eigenvalue weighted by Gasteiger charge is -2.02. The molecule has 6 nitrogen and oxygen atoms in total. The van der Waals surface area contributed by atoms with Gasteiger partial charge in [-0.1, -0.05) is 0 Å². The minimum absolute atomic E-state index is 0.0174. The van der Waals surface area contributed by atoms with Gasteiger partial charge in [-0.3, -0.25) is 9.59 Å². The van der Waals surface area contributed by atoms with Crippen LogP contribution in [0, 0.1) is 0 Å². The van der Waals surface area contributed by atoms with Crippen LogP contribution >= 0.6 is 0 Å². The van der Waals surface area contributed by atoms with Gasteiger partial charge in [0, 0.05) is 18.8 Å². The lowest BCUT2D eigenvalue weighted by atomic mass is 10.2. The van der Waals surface area contributed by atoms with E-state index >= 15 is 0 Å². The Hall–Kier alpha value is -1.95. The van der Waals surface area contributed by atoms with Crippen LogP contribution in [0.15, 0.2) is 29.5 Å². The Labute approximate surface area is 86.4 Å². The lowest BCUT2D eigenvalue weighted by Crippen LogP contribution is -2.27. The highest BCUT2D eigenvalue weighted by Gasteiger charge is 2.12. The van der Waals surface area contributed by atoms with Crippen molar-refractivity contribution < 1.29 is 14.4 Å². The monoisotopic (exact) mass is 209 g/mol. The Kier molecular flexibility index (Phi) is 4.24. The molecular weight excluding hydrogens is 198 g/mol. The molecule has 0 aromatic heterocycles. The van der Waals surface area contributed by atoms with Crippen LogP contribution < -0.4 is 11.2 Å². The molecule has 0 saturated heterocycles. The minimum atomic E-state index is -0.622. The molecule has 3 N–H and O–H groups in total. The molecule has 0 saturated carbocycles. The lowest BCUT2D eigenvalue weighted by molar-refractivity contribution is -0.145. The number of aliphatic imine (C=N–C) groups is 1. The summed E-state index contributed by atoms with van der Waals surface area (Å²) in [5, 5.41) is 2.70. The number of hydrogen-bond donors (Lipinski definition) is 2. The Morgan fingerprint density at radius 1 is 1.40 bits per heavy atom. The quantitative estimate of drug-likeness (QED) is 0.624. The van der Waals surface area contributed by atoms with Gasteiger partial charge >= 0.3 is 5.97 Å². The summed E-state index contributed by atoms with van der Waals surface area (Å²) < 4.78 is 0. The second kappa shape index (κ2) is 5.71. The van der Waals surface area contributed by atoms with Crippen LogP contribution in [0.1, 0.15) is 12.8 Å². The molecule has 0 aliphatic carbocycles. The smallest absolute Gasteiger partial charge is 0.324 e. The van der Waals surface area contributed by atoms with Crippen LogP contribution in [0.25, 0.3) is 0 Å². The van der Waals surface area contributed by atoms with E-state index in [2.05, 4.69) is 21.0 Å². The molecule has 0 aromatic carbocycles. The molecular formula is C9H11N3O3. The Morgan fingerprint density at radius 2 is 2.20 bits per heavy atom. The molecule has 1 aliphatic rings. The second-order valence-electron chi connectivity index (χ2n) is 2.74. The summed E-state index contributed by atoms with van der Waals surface area (Å²) in [4.78, 5) is 29.9. The molecule has 0 unspecified atom stereocenters. The maximum atomic E-state index is 11.5. The zero-order valence-electron chi connectivity index (χ0n) is 7.97. The minimum Gasteiger partial charge on any atom is -0.373 e. The molecule has 0 amide bonds. The van der Waals surface area contributed by atoms with Gasteiger partial charge in [-0.25, -0.2) is 4.99 Å². The molecule has 80 valence electrons. The summed E-state index contributed by atoms with van der Waals surface area (Å²) in [7, 11) is 0. The number of nitrogens with two attached hydrogens (primary N) is 1. The zero-order valence-corrected chi connectivity index (χ0v) is 7.97. The number of nitrogens with one attached hydrogen (secondary N) is 1. The predicted octanol–water partition coefficient (Wildman–Crippen LogP) is -0.218. The average Bonchev–Trinajstić information content (AvgIpc) is 2.53. The van der Waals surface area contributed by atoms with Crippen molar-refractivity contribution in [3.05, 3.63) is 24.6 Å². The van der Waals surface area contributed by atoms with Crippen molar-refractivity contribution in [1.29, 1.82) is 0 Å². The zero-order chi connectivity index (χ0) is 11.1. The van der Waals surface area contributed by atoms with Crippen molar-refractivity contribution >= 4 is 17.6 Å². The van der Waals surface area contributed by atoms with Gasteiger partial charge in [0.05, 0.1) is 6.42 Å². The number of carbonyl (C=O) groups excluding carboxylic acids is 2. The van der Waals surface area contributed by atoms with Crippen molar-refractivity contribution in [3.63, 3.8) is 0 Å². The number of rotatable bonds is 4. The maximum absolute atomic E-state index is 11.5. The summed E-state index contributed by atoms with van der Waals surface area (Å²) in [6.07, 6.45) is 6.43. The number of Topliss-reactive ketones (excluding diaryl/α,β-unsaturated/α-hetero) is 1. The first-order valence-corrected chi connectivity index (χ1v) is 4.33. The van der Waals surface area contributed by atoms with Crippen LogP contribution in [0.3, 0.4) is 0 Å². The normalized spacial score (nSPS) is 13.8. The van der Waals surface area contributed by atoms with Gasteiger partial charge in [0.15, 0.2) is 11.6 Å². The largest absolute Gasteiger partial charge is 0.373 e. The van der Waals surface area contributed by atoms with Crippen LogP contribution in [0.2, 0.25) is 0 Å². The molecule has 0 fully saturated rings. The summed E-state index contributed by atoms with van der Waals surface area (Å²) in [5.74, 6) is 3.94. The fourth-order valence-corrected chi connectivity index (χ4v) is 0.933. The van der Waals surface area contributed by atoms with Crippen molar-refractivity contribution in [2.24, 2.45) is 10.9 Å². The van der Waals surface area contributed by atoms with E-state index < -0.39 is 5.97 Å². The third-order valence-electron chi connectivity index (χ3n) is 1.67. The standard InChI is InChI=1S/C9H11N3O3/c10-15-8(14)4-3-7(13)9-11-5-1-2-6-12-9/h1-2,5-6H,3-4,10H2,(H,11,12). The van der Waals surface area contributed by atoms with E-state index in [0.29, 0.717) is 0 Å². The fraction of sp³-hybridized carbons (Fsp3) is 0.222. The molecule has 0 bridgehead atoms. The third-order valence-corrected chi connectivity index (χ3v) is 1.67. The Morgan fingerprint density at radius 3 is 2.93 bits per heavy atom. The van der Waals surface area contributed by atoms with Crippen molar-refractivity contribution in [2.75, 3.05) is 0 Å². The van der Waals surface area contributed by atoms with Crippen molar-refractivity contribution in [1.82, 2.24) is 5.32 Å². The average molecular weight is 209 g/mol. The highest BCUT2D eigenvalue weighted by molar-refractivity contribution is 6.39. The molecule has 1 rings (SSSR count). The summed E-state index contributed by atoms with van der Waals surface area (Å²) in [5.41, 5.74) is 0. The fourth-order valence-electron chi connectivity index (χ4n) is 0.933. The van der Waals surface area contributed by atoms with E-state index in [0.717, 1.165) is 0 Å². The second-order valence-corrected chi connectivity index (χ2v) is 2.74. The topological polar surface area (TPSA) is 93.8 Å². The van der Waals surface area contributed by atoms with Gasteiger partial charge in [0.1, 0.15) is 0 Å². The van der Waals surface area contributed by atoms with Gasteiger partial charge in [0.2, 0.25) is 0 Å². The summed E-state index contributed by atoms with van der Waals surface area (Å²) in [6, 6.07) is 0. The number of amidine groups is 1. The SMILES string of the molecule is NOC(=O)CCC(=O)C1=NC=CC=CN1. The molecule has 0 aromatic rings. The molecule has 0 atom stereocenters. The van der Waals surface area contributed by atoms with E-state index in [9.17, 15) is 9.59 Å². The van der Waals surface area contributed by atoms with Crippen LogP contribution in [0.5, 0.6) is 0 Å². The highest BCUT2D eigenvalue weighted by atomic mass is 16.7. The summed E-state index contributed by atoms with van der Waals surface area (Å²) in [6.45, 7) is 0. The molecule has 0 radical (unpaired) electrons. The number of ketones is 1. The Balaban J connectivity index is 2.46. The van der Waals surface area contributed by atoms with Gasteiger partial charge < -0.3 is 10.2 Å². The Bertz CT molecular complexity index is 345. The molecule has 6 heteroatoms. The van der Waals surface area contributed by atoms with Gasteiger partial charge in [0.25, 0.3) is 0 Å². The van der Waals surface area contributed by atoms with E-state index in [1.807, 2.05) is 0 Å². The van der Waals surface area contributed by atoms with Crippen molar-refractivity contribution in [2.45, 2.75) is 12.8 Å². The molecule has 15 heavy (non-hydrogen) atoms. The van der Waals surface area contributed by atoms with E-state index in [4.69, 9.17) is 0 Å². The number of nitrogens with zero attached hydrogens (tertiary/aromatic N) is 1. The van der Waals surface area contributed by atoms with E-state index in [1.54, 1.807) is 18.4 Å². The first-order chi connectivity index (χ1) is 7.24. The van der Waals surface area contributed by atoms with E-state index in [-0.39, 0.29) is 24.5 Å². The summed E-state index contributed by atoms with van der Waals surface area (Å²) >= 11 is 0. The van der Waals surface area contributed by atoms with Gasteiger partial charge in [-0.15, -0.1) is 0 Å². The van der Waals surface area contributed by atoms with Gasteiger partial charge in [-0.05, 0) is 12.2 Å². The van der Waals surface area contributed by atoms with Crippen molar-refractivity contribution in [3.8, 4) is 0 Å². The van der Waals surface area contributed by atoms with Gasteiger partial charge in [-0.2, -0.15) is 5.90 Å².